The van der Waals surface area contributed by atoms with Gasteiger partial charge in [0.15, 0.2) is 0 Å². The minimum absolute atomic E-state index is 0.00472. The molecule has 0 aromatic heterocycles. The molecule has 0 aliphatic heterocycles. The van der Waals surface area contributed by atoms with Crippen LogP contribution in [0.1, 0.15) is 26.7 Å². The molecule has 0 unspecified atom stereocenters. The second kappa shape index (κ2) is 7.10. The molecule has 0 aromatic rings. The highest BCUT2D eigenvalue weighted by Crippen LogP contribution is 2.29. The van der Waals surface area contributed by atoms with Crippen LogP contribution in [-0.4, -0.2) is 30.3 Å². The van der Waals surface area contributed by atoms with Crippen molar-refractivity contribution in [2.24, 2.45) is 11.1 Å². The Morgan fingerprint density at radius 2 is 1.82 bits per heavy atom. The van der Waals surface area contributed by atoms with E-state index in [1.54, 1.807) is 0 Å². The van der Waals surface area contributed by atoms with Gasteiger partial charge in [0.2, 0.25) is 5.91 Å². The first-order valence-corrected chi connectivity index (χ1v) is 6.49. The second-order valence-electron chi connectivity index (χ2n) is 3.74. The van der Waals surface area contributed by atoms with Crippen LogP contribution in [-0.2, 0) is 4.79 Å². The van der Waals surface area contributed by atoms with E-state index in [2.05, 4.69) is 5.32 Å². The minimum Gasteiger partial charge on any atom is -0.355 e. The summed E-state index contributed by atoms with van der Waals surface area (Å²) in [6.45, 7) is 3.91. The van der Waals surface area contributed by atoms with Gasteiger partial charge in [-0.05, 0) is 24.6 Å². The summed E-state index contributed by atoms with van der Waals surface area (Å²) < 4.78 is 35.5. The average Bonchev–Trinajstić information content (AvgIpc) is 2.26. The Labute approximate surface area is 104 Å². The van der Waals surface area contributed by atoms with E-state index in [0.29, 0.717) is 12.8 Å². The predicted octanol–water partition coefficient (Wildman–Crippen LogP) is 2.12. The Bertz CT molecular complexity index is 234. The van der Waals surface area contributed by atoms with Gasteiger partial charge in [0, 0.05) is 18.8 Å². The summed E-state index contributed by atoms with van der Waals surface area (Å²) in [6.07, 6.45) is 1.16. The Morgan fingerprint density at radius 1 is 1.29 bits per heavy atom. The molecule has 0 aliphatic rings. The largest absolute Gasteiger partial charge is 0.441 e. The van der Waals surface area contributed by atoms with Crippen LogP contribution >= 0.6 is 11.8 Å². The van der Waals surface area contributed by atoms with Gasteiger partial charge in [0.05, 0.1) is 5.41 Å². The van der Waals surface area contributed by atoms with Gasteiger partial charge >= 0.3 is 5.51 Å². The van der Waals surface area contributed by atoms with Crippen LogP contribution in [0, 0.1) is 5.41 Å². The molecule has 3 nitrogen and oxygen atoms in total. The lowest BCUT2D eigenvalue weighted by molar-refractivity contribution is -0.130. The first-order chi connectivity index (χ1) is 7.81. The number of carbonyl (C=O) groups is 1. The second-order valence-corrected chi connectivity index (χ2v) is 4.90. The molecule has 0 fully saturated rings. The summed E-state index contributed by atoms with van der Waals surface area (Å²) in [5.41, 5.74) is 0.662. The summed E-state index contributed by atoms with van der Waals surface area (Å²) in [4.78, 5) is 11.8. The Hall–Kier alpha value is -0.430. The van der Waals surface area contributed by atoms with E-state index < -0.39 is 10.9 Å². The normalized spacial score (nSPS) is 12.6. The zero-order valence-corrected chi connectivity index (χ0v) is 10.9. The summed E-state index contributed by atoms with van der Waals surface area (Å²) in [6, 6.07) is 0. The summed E-state index contributed by atoms with van der Waals surface area (Å²) in [7, 11) is 0. The maximum Gasteiger partial charge on any atom is 0.441 e. The molecule has 0 heterocycles. The molecular weight excluding hydrogens is 253 g/mol. The number of rotatable bonds is 7. The van der Waals surface area contributed by atoms with Crippen molar-refractivity contribution in [3.05, 3.63) is 0 Å². The highest BCUT2D eigenvalue weighted by atomic mass is 32.2. The number of hydrogen-bond donors (Lipinski definition) is 2. The number of alkyl halides is 3. The van der Waals surface area contributed by atoms with E-state index in [9.17, 15) is 18.0 Å². The van der Waals surface area contributed by atoms with Gasteiger partial charge in [0.25, 0.3) is 0 Å². The molecule has 102 valence electrons. The van der Waals surface area contributed by atoms with Crippen molar-refractivity contribution in [3.8, 4) is 0 Å². The van der Waals surface area contributed by atoms with Crippen LogP contribution in [0.3, 0.4) is 0 Å². The number of thioether (sulfide) groups is 1. The molecule has 0 saturated heterocycles. The van der Waals surface area contributed by atoms with Crippen LogP contribution in [0.25, 0.3) is 0 Å². The fourth-order valence-corrected chi connectivity index (χ4v) is 1.91. The van der Waals surface area contributed by atoms with Gasteiger partial charge in [0.1, 0.15) is 0 Å². The lowest BCUT2D eigenvalue weighted by atomic mass is 9.81. The summed E-state index contributed by atoms with van der Waals surface area (Å²) >= 11 is -0.137. The van der Waals surface area contributed by atoms with E-state index in [0.717, 1.165) is 0 Å². The summed E-state index contributed by atoms with van der Waals surface area (Å²) in [5, 5.41) is 2.51. The van der Waals surface area contributed by atoms with Crippen molar-refractivity contribution in [3.63, 3.8) is 0 Å². The number of halogens is 3. The molecule has 17 heavy (non-hydrogen) atoms. The molecule has 0 atom stereocenters. The standard InChI is InChI=1S/C10H19F3N2OS/c1-3-9(4-2,7-14)8(16)15-5-6-17-10(11,12)13/h3-7,14H2,1-2H3,(H,15,16). The van der Waals surface area contributed by atoms with Crippen molar-refractivity contribution in [1.29, 1.82) is 0 Å². The van der Waals surface area contributed by atoms with Crippen LogP contribution < -0.4 is 11.1 Å². The topological polar surface area (TPSA) is 55.1 Å². The van der Waals surface area contributed by atoms with Crippen LogP contribution in [0.5, 0.6) is 0 Å². The van der Waals surface area contributed by atoms with Crippen LogP contribution in [0.2, 0.25) is 0 Å². The number of hydrogen-bond acceptors (Lipinski definition) is 3. The zero-order valence-electron chi connectivity index (χ0n) is 10.1. The molecule has 0 aromatic carbocycles. The fourth-order valence-electron chi connectivity index (χ4n) is 1.47. The highest BCUT2D eigenvalue weighted by molar-refractivity contribution is 8.00. The van der Waals surface area contributed by atoms with Gasteiger partial charge in [-0.15, -0.1) is 0 Å². The molecule has 3 N–H and O–H groups in total. The zero-order chi connectivity index (χ0) is 13.5. The maximum atomic E-state index is 11.8. The first kappa shape index (κ1) is 16.6. The van der Waals surface area contributed by atoms with Crippen molar-refractivity contribution >= 4 is 17.7 Å². The quantitative estimate of drug-likeness (QED) is 0.698. The van der Waals surface area contributed by atoms with E-state index in [1.807, 2.05) is 13.8 Å². The third-order valence-electron chi connectivity index (χ3n) is 2.88. The van der Waals surface area contributed by atoms with E-state index in [-0.39, 0.29) is 36.5 Å². The van der Waals surface area contributed by atoms with Crippen molar-refractivity contribution in [2.45, 2.75) is 32.2 Å². The van der Waals surface area contributed by atoms with E-state index >= 15 is 0 Å². The smallest absolute Gasteiger partial charge is 0.355 e. The number of carbonyl (C=O) groups excluding carboxylic acids is 1. The Kier molecular flexibility index (Phi) is 6.92. The van der Waals surface area contributed by atoms with Gasteiger partial charge in [-0.25, -0.2) is 0 Å². The van der Waals surface area contributed by atoms with Crippen molar-refractivity contribution in [1.82, 2.24) is 5.32 Å². The SMILES string of the molecule is CCC(CC)(CN)C(=O)NCCSC(F)(F)F. The molecule has 7 heteroatoms. The Morgan fingerprint density at radius 3 is 2.18 bits per heavy atom. The van der Waals surface area contributed by atoms with Gasteiger partial charge in [-0.3, -0.25) is 4.79 Å². The predicted molar refractivity (Wildman–Crippen MR) is 63.6 cm³/mol. The molecule has 0 radical (unpaired) electrons. The van der Waals surface area contributed by atoms with Gasteiger partial charge < -0.3 is 11.1 Å². The Balaban J connectivity index is 4.08. The maximum absolute atomic E-state index is 11.8. The van der Waals surface area contributed by atoms with E-state index in [4.69, 9.17) is 5.73 Å². The molecule has 0 bridgehead atoms. The number of nitrogens with one attached hydrogen (secondary N) is 1. The van der Waals surface area contributed by atoms with Gasteiger partial charge in [-0.2, -0.15) is 13.2 Å². The first-order valence-electron chi connectivity index (χ1n) is 5.50. The monoisotopic (exact) mass is 272 g/mol. The molecule has 0 spiro atoms. The van der Waals surface area contributed by atoms with Gasteiger partial charge in [-0.1, -0.05) is 13.8 Å². The molecule has 0 rings (SSSR count). The lowest BCUT2D eigenvalue weighted by Crippen LogP contribution is -2.45. The fraction of sp³-hybridized carbons (Fsp3) is 0.900. The highest BCUT2D eigenvalue weighted by Gasteiger charge is 2.33. The molecule has 1 amide bonds. The third kappa shape index (κ3) is 5.63. The van der Waals surface area contributed by atoms with Crippen molar-refractivity contribution in [2.75, 3.05) is 18.8 Å². The summed E-state index contributed by atoms with van der Waals surface area (Å²) in [5.74, 6) is -0.434. The number of amides is 1. The molecule has 0 aliphatic carbocycles. The minimum atomic E-state index is -4.24. The molecule has 0 saturated carbocycles. The van der Waals surface area contributed by atoms with Crippen molar-refractivity contribution < 1.29 is 18.0 Å². The lowest BCUT2D eigenvalue weighted by Gasteiger charge is -2.28. The average molecular weight is 272 g/mol. The van der Waals surface area contributed by atoms with E-state index in [1.165, 1.54) is 0 Å². The van der Waals surface area contributed by atoms with Crippen LogP contribution in [0.4, 0.5) is 13.2 Å². The van der Waals surface area contributed by atoms with Crippen LogP contribution in [0.15, 0.2) is 0 Å². The molecular formula is C10H19F3N2OS. The third-order valence-corrected chi connectivity index (χ3v) is 3.61. The number of nitrogens with two attached hydrogens (primary N) is 1.